The van der Waals surface area contributed by atoms with E-state index < -0.39 is 50.6 Å². The zero-order valence-electron chi connectivity index (χ0n) is 39.5. The number of hydrogen-bond acceptors (Lipinski definition) is 10. The Labute approximate surface area is 380 Å². The molecule has 3 N–H and O–H groups in total. The number of allylic oxidation sites excluding steroid dienone is 11. The normalized spacial score (nSPS) is 19.4. The number of aliphatic hydroxyl groups excluding tert-OH is 2. The maximum absolute atomic E-state index is 12.8. The van der Waals surface area contributed by atoms with Crippen molar-refractivity contribution in [2.24, 2.45) is 11.8 Å². The van der Waals surface area contributed by atoms with Crippen molar-refractivity contribution < 1.29 is 57.1 Å². The third-order valence-corrected chi connectivity index (χ3v) is 11.6. The molecule has 1 unspecified atom stereocenters. The average Bonchev–Trinajstić information content (AvgIpc) is 3.50. The van der Waals surface area contributed by atoms with E-state index in [2.05, 4.69) is 74.6 Å². The molecule has 1 saturated carbocycles. The van der Waals surface area contributed by atoms with E-state index in [9.17, 15) is 34.1 Å². The lowest BCUT2D eigenvalue weighted by molar-refractivity contribution is -0.870. The standard InChI is InChI=1S/C50H84NO11P/c1-6-8-10-11-12-13-14-15-16-17-18-19-20-21-22-23-24-25-31-35-50(56)62-44(42-61-63(57,58)60-39-38-51(3,4)5)41-59-49(55)34-30-27-26-29-33-45-46(48(54)40-47(45)53)37-36-43(52)32-28-9-7-2/h8,10,12-13,15-16,18-19,21-22,36-37,43-47,52-53H,6-7,9,11,14,17,20,23-35,38-42H2,1-5H3/p+1/b10-8-,13-12-,16-15-,19-18-,22-21-,37-36+/t43-,44+,45+,46+,47-/m0/s1. The van der Waals surface area contributed by atoms with Crippen LogP contribution in [0.1, 0.15) is 149 Å². The van der Waals surface area contributed by atoms with Crippen molar-refractivity contribution >= 4 is 25.5 Å². The van der Waals surface area contributed by atoms with Crippen LogP contribution < -0.4 is 0 Å². The van der Waals surface area contributed by atoms with Gasteiger partial charge in [-0.25, -0.2) is 4.57 Å². The molecule has 12 nitrogen and oxygen atoms in total. The molecule has 13 heteroatoms. The Kier molecular flexibility index (Phi) is 33.4. The van der Waals surface area contributed by atoms with Crippen LogP contribution in [0.15, 0.2) is 72.9 Å². The summed E-state index contributed by atoms with van der Waals surface area (Å²) in [4.78, 5) is 48.2. The van der Waals surface area contributed by atoms with Gasteiger partial charge in [0, 0.05) is 25.2 Å². The van der Waals surface area contributed by atoms with Gasteiger partial charge >= 0.3 is 19.8 Å². The van der Waals surface area contributed by atoms with Crippen molar-refractivity contribution in [3.63, 3.8) is 0 Å². The van der Waals surface area contributed by atoms with E-state index in [4.69, 9.17) is 18.5 Å². The van der Waals surface area contributed by atoms with E-state index >= 15 is 0 Å². The van der Waals surface area contributed by atoms with Gasteiger partial charge in [-0.2, -0.15) is 0 Å². The van der Waals surface area contributed by atoms with Gasteiger partial charge in [0.2, 0.25) is 0 Å². The number of phosphoric ester groups is 1. The second-order valence-electron chi connectivity index (χ2n) is 17.5. The molecule has 1 rings (SSSR count). The molecule has 0 bridgehead atoms. The first kappa shape index (κ1) is 58.1. The molecule has 1 aliphatic carbocycles. The minimum absolute atomic E-state index is 0.00359. The Morgan fingerprint density at radius 1 is 0.762 bits per heavy atom. The summed E-state index contributed by atoms with van der Waals surface area (Å²) in [6, 6.07) is 0. The topological polar surface area (TPSA) is 166 Å². The van der Waals surface area contributed by atoms with Gasteiger partial charge in [-0.1, -0.05) is 132 Å². The molecule has 0 aromatic carbocycles. The van der Waals surface area contributed by atoms with Crippen LogP contribution in [0.25, 0.3) is 0 Å². The van der Waals surface area contributed by atoms with Crippen LogP contribution in [0.5, 0.6) is 0 Å². The van der Waals surface area contributed by atoms with Gasteiger partial charge in [-0.3, -0.25) is 23.4 Å². The predicted octanol–water partition coefficient (Wildman–Crippen LogP) is 10.4. The van der Waals surface area contributed by atoms with Crippen molar-refractivity contribution in [3.05, 3.63) is 72.9 Å². The van der Waals surface area contributed by atoms with Crippen molar-refractivity contribution in [1.29, 1.82) is 0 Å². The molecule has 360 valence electrons. The van der Waals surface area contributed by atoms with Crippen LogP contribution >= 0.6 is 7.82 Å². The van der Waals surface area contributed by atoms with Crippen LogP contribution in [0, 0.1) is 11.8 Å². The number of quaternary nitrogens is 1. The van der Waals surface area contributed by atoms with E-state index in [1.807, 2.05) is 21.1 Å². The zero-order chi connectivity index (χ0) is 46.6. The fourth-order valence-corrected chi connectivity index (χ4v) is 7.63. The Balaban J connectivity index is 2.47. The molecule has 1 fully saturated rings. The zero-order valence-corrected chi connectivity index (χ0v) is 40.4. The number of ketones is 1. The molecular weight excluding hydrogens is 822 g/mol. The number of phosphoric acid groups is 1. The number of ether oxygens (including phenoxy) is 2. The number of carbonyl (C=O) groups excluding carboxylic acids is 3. The minimum atomic E-state index is -4.45. The highest BCUT2D eigenvalue weighted by Gasteiger charge is 2.39. The van der Waals surface area contributed by atoms with Gasteiger partial charge in [0.15, 0.2) is 6.10 Å². The summed E-state index contributed by atoms with van der Waals surface area (Å²) >= 11 is 0. The lowest BCUT2D eigenvalue weighted by atomic mass is 9.88. The van der Waals surface area contributed by atoms with Gasteiger partial charge in [0.25, 0.3) is 0 Å². The summed E-state index contributed by atoms with van der Waals surface area (Å²) in [7, 11) is 1.31. The Hall–Kier alpha value is -2.96. The molecule has 0 heterocycles. The number of Topliss-reactive ketones (excluding diaryl/α,β-unsaturated/α-hetero) is 1. The fraction of sp³-hybridized carbons (Fsp3) is 0.700. The Morgan fingerprint density at radius 2 is 1.35 bits per heavy atom. The van der Waals surface area contributed by atoms with Crippen LogP contribution in [0.2, 0.25) is 0 Å². The van der Waals surface area contributed by atoms with E-state index in [0.717, 1.165) is 89.9 Å². The van der Waals surface area contributed by atoms with Crippen molar-refractivity contribution in [2.45, 2.75) is 167 Å². The van der Waals surface area contributed by atoms with Crippen LogP contribution in [-0.2, 0) is 37.5 Å². The van der Waals surface area contributed by atoms with Gasteiger partial charge in [0.1, 0.15) is 25.5 Å². The quantitative estimate of drug-likeness (QED) is 0.0177. The van der Waals surface area contributed by atoms with Gasteiger partial charge in [-0.15, -0.1) is 0 Å². The molecule has 6 atom stereocenters. The first-order valence-corrected chi connectivity index (χ1v) is 25.3. The Bertz CT molecular complexity index is 1460. The second-order valence-corrected chi connectivity index (χ2v) is 19.0. The van der Waals surface area contributed by atoms with Crippen LogP contribution in [0.4, 0.5) is 0 Å². The second kappa shape index (κ2) is 36.3. The number of nitrogens with zero attached hydrogens (tertiary/aromatic N) is 1. The number of likely N-dealkylation sites (N-methyl/N-ethyl adjacent to an activating group) is 1. The molecule has 0 radical (unpaired) electrons. The van der Waals surface area contributed by atoms with Gasteiger partial charge < -0.3 is 29.1 Å². The Morgan fingerprint density at radius 3 is 1.97 bits per heavy atom. The maximum atomic E-state index is 12.8. The fourth-order valence-electron chi connectivity index (χ4n) is 6.88. The van der Waals surface area contributed by atoms with E-state index in [1.165, 1.54) is 0 Å². The van der Waals surface area contributed by atoms with Gasteiger partial charge in [0.05, 0.1) is 40.0 Å². The summed E-state index contributed by atoms with van der Waals surface area (Å²) in [5.41, 5.74) is 0. The SMILES string of the molecule is CC/C=C\C/C=C\C/C=C\C/C=C\C/C=C\CCCCCC(=O)O[C@H](COC(=O)CCCCCC[C@H]1[C@@H](O)CC(=O)[C@@H]1/C=C/[C@@H](O)CCCCC)COP(=O)(O)OCC[N+](C)(C)C. The number of aliphatic hydroxyl groups is 2. The van der Waals surface area contributed by atoms with Crippen molar-refractivity contribution in [2.75, 3.05) is 47.5 Å². The lowest BCUT2D eigenvalue weighted by Gasteiger charge is -2.24. The van der Waals surface area contributed by atoms with Crippen molar-refractivity contribution in [3.8, 4) is 0 Å². The predicted molar refractivity (Wildman–Crippen MR) is 253 cm³/mol. The number of rotatable bonds is 38. The first-order chi connectivity index (χ1) is 30.2. The molecule has 0 saturated heterocycles. The summed E-state index contributed by atoms with van der Waals surface area (Å²) in [6.07, 6.45) is 38.5. The molecule has 0 aromatic heterocycles. The summed E-state index contributed by atoms with van der Waals surface area (Å²) < 4.78 is 34.3. The molecule has 63 heavy (non-hydrogen) atoms. The molecular formula is C50H85NO11P+. The highest BCUT2D eigenvalue weighted by molar-refractivity contribution is 7.47. The molecule has 0 spiro atoms. The third kappa shape index (κ3) is 33.2. The van der Waals surface area contributed by atoms with Crippen molar-refractivity contribution in [1.82, 2.24) is 0 Å². The van der Waals surface area contributed by atoms with E-state index in [-0.39, 0.29) is 44.2 Å². The average molecular weight is 907 g/mol. The number of carbonyl (C=O) groups is 3. The molecule has 0 aromatic rings. The molecule has 1 aliphatic rings. The minimum Gasteiger partial charge on any atom is -0.462 e. The van der Waals surface area contributed by atoms with Crippen LogP contribution in [-0.4, -0.2) is 103 Å². The number of esters is 2. The van der Waals surface area contributed by atoms with E-state index in [0.29, 0.717) is 36.7 Å². The summed E-state index contributed by atoms with van der Waals surface area (Å²) in [6.45, 7) is 3.88. The first-order valence-electron chi connectivity index (χ1n) is 23.8. The third-order valence-electron chi connectivity index (χ3n) is 10.6. The summed E-state index contributed by atoms with van der Waals surface area (Å²) in [5, 5.41) is 20.8. The summed E-state index contributed by atoms with van der Waals surface area (Å²) in [5.74, 6) is -1.57. The van der Waals surface area contributed by atoms with Crippen LogP contribution in [0.3, 0.4) is 0 Å². The number of unbranched alkanes of at least 4 members (excludes halogenated alkanes) is 8. The number of hydrogen-bond donors (Lipinski definition) is 3. The molecule has 0 aliphatic heterocycles. The highest BCUT2D eigenvalue weighted by atomic mass is 31.2. The monoisotopic (exact) mass is 907 g/mol. The largest absolute Gasteiger partial charge is 0.472 e. The molecule has 0 amide bonds. The van der Waals surface area contributed by atoms with E-state index in [1.54, 1.807) is 12.2 Å². The lowest BCUT2D eigenvalue weighted by Crippen LogP contribution is -2.37. The smallest absolute Gasteiger partial charge is 0.462 e. The maximum Gasteiger partial charge on any atom is 0.472 e. The van der Waals surface area contributed by atoms with Gasteiger partial charge in [-0.05, 0) is 76.5 Å². The highest BCUT2D eigenvalue weighted by Crippen LogP contribution is 2.43.